The fourth-order valence-electron chi connectivity index (χ4n) is 1.01. The van der Waals surface area contributed by atoms with E-state index in [2.05, 4.69) is 0 Å². The first-order valence-corrected chi connectivity index (χ1v) is 4.60. The minimum Gasteiger partial charge on any atom is -0.486 e. The van der Waals surface area contributed by atoms with E-state index in [1.807, 2.05) is 0 Å². The summed E-state index contributed by atoms with van der Waals surface area (Å²) in [6.45, 7) is 3.35. The molecule has 0 N–H and O–H groups in total. The standard InChI is InChI=1S/C9H9ClFNO3/c1-5(2)15-9-6(10)3-4-7(8(9)11)12(13)14/h3-5H,1-2H3. The van der Waals surface area contributed by atoms with Gasteiger partial charge < -0.3 is 4.74 Å². The first-order valence-electron chi connectivity index (χ1n) is 4.22. The molecule has 0 bridgehead atoms. The molecule has 0 saturated carbocycles. The first kappa shape index (κ1) is 11.7. The number of nitro groups is 1. The molecular weight excluding hydrogens is 225 g/mol. The van der Waals surface area contributed by atoms with Gasteiger partial charge in [-0.15, -0.1) is 0 Å². The molecule has 82 valence electrons. The molecule has 0 fully saturated rings. The number of nitrogens with zero attached hydrogens (tertiary/aromatic N) is 1. The largest absolute Gasteiger partial charge is 0.486 e. The third-order valence-corrected chi connectivity index (χ3v) is 1.88. The van der Waals surface area contributed by atoms with Gasteiger partial charge in [0.25, 0.3) is 0 Å². The summed E-state index contributed by atoms with van der Waals surface area (Å²) in [5, 5.41) is 10.5. The lowest BCUT2D eigenvalue weighted by Crippen LogP contribution is -2.08. The predicted molar refractivity (Wildman–Crippen MR) is 53.8 cm³/mol. The molecule has 0 atom stereocenters. The lowest BCUT2D eigenvalue weighted by molar-refractivity contribution is -0.387. The van der Waals surface area contributed by atoms with Crippen molar-refractivity contribution in [3.63, 3.8) is 0 Å². The summed E-state index contributed by atoms with van der Waals surface area (Å²) in [5.74, 6) is -1.32. The van der Waals surface area contributed by atoms with E-state index in [4.69, 9.17) is 16.3 Å². The van der Waals surface area contributed by atoms with E-state index in [9.17, 15) is 14.5 Å². The summed E-state index contributed by atoms with van der Waals surface area (Å²) in [6.07, 6.45) is -0.306. The van der Waals surface area contributed by atoms with Crippen LogP contribution in [0.5, 0.6) is 5.75 Å². The molecule has 0 aliphatic heterocycles. The monoisotopic (exact) mass is 233 g/mol. The van der Waals surface area contributed by atoms with Crippen LogP contribution in [0.2, 0.25) is 5.02 Å². The molecule has 1 aromatic rings. The van der Waals surface area contributed by atoms with Crippen molar-refractivity contribution in [2.75, 3.05) is 0 Å². The fraction of sp³-hybridized carbons (Fsp3) is 0.333. The molecule has 0 unspecified atom stereocenters. The lowest BCUT2D eigenvalue weighted by atomic mass is 10.3. The highest BCUT2D eigenvalue weighted by Crippen LogP contribution is 2.34. The number of hydrogen-bond acceptors (Lipinski definition) is 3. The van der Waals surface area contributed by atoms with Crippen LogP contribution in [0.4, 0.5) is 10.1 Å². The van der Waals surface area contributed by atoms with Gasteiger partial charge in [-0.1, -0.05) is 11.6 Å². The summed E-state index contributed by atoms with van der Waals surface area (Å²) >= 11 is 5.66. The number of hydrogen-bond donors (Lipinski definition) is 0. The van der Waals surface area contributed by atoms with Crippen molar-refractivity contribution in [1.29, 1.82) is 0 Å². The smallest absolute Gasteiger partial charge is 0.308 e. The minimum atomic E-state index is -1.04. The van der Waals surface area contributed by atoms with Gasteiger partial charge in [0, 0.05) is 6.07 Å². The summed E-state index contributed by atoms with van der Waals surface area (Å²) in [7, 11) is 0. The first-order chi connectivity index (χ1) is 6.93. The highest BCUT2D eigenvalue weighted by molar-refractivity contribution is 6.32. The SMILES string of the molecule is CC(C)Oc1c(Cl)ccc([N+](=O)[O-])c1F. The Morgan fingerprint density at radius 1 is 1.53 bits per heavy atom. The van der Waals surface area contributed by atoms with Crippen LogP contribution in [0.1, 0.15) is 13.8 Å². The van der Waals surface area contributed by atoms with E-state index in [1.165, 1.54) is 6.07 Å². The van der Waals surface area contributed by atoms with Gasteiger partial charge in [0.15, 0.2) is 5.75 Å². The zero-order chi connectivity index (χ0) is 11.6. The summed E-state index contributed by atoms with van der Waals surface area (Å²) < 4.78 is 18.5. The third-order valence-electron chi connectivity index (χ3n) is 1.58. The summed E-state index contributed by atoms with van der Waals surface area (Å²) in [5.41, 5.74) is -0.643. The lowest BCUT2D eigenvalue weighted by Gasteiger charge is -2.11. The second kappa shape index (κ2) is 4.44. The van der Waals surface area contributed by atoms with E-state index >= 15 is 0 Å². The maximum atomic E-state index is 13.5. The summed E-state index contributed by atoms with van der Waals surface area (Å²) in [6, 6.07) is 2.24. The van der Waals surface area contributed by atoms with Crippen molar-refractivity contribution in [2.24, 2.45) is 0 Å². The molecule has 6 heteroatoms. The molecule has 1 aromatic carbocycles. The van der Waals surface area contributed by atoms with E-state index in [-0.39, 0.29) is 16.9 Å². The number of nitro benzene ring substituents is 1. The van der Waals surface area contributed by atoms with Gasteiger partial charge in [-0.2, -0.15) is 4.39 Å². The average Bonchev–Trinajstić information content (AvgIpc) is 2.11. The minimum absolute atomic E-state index is 0.0202. The Morgan fingerprint density at radius 2 is 2.13 bits per heavy atom. The number of rotatable bonds is 3. The Balaban J connectivity index is 3.24. The second-order valence-corrected chi connectivity index (χ2v) is 3.54. The Kier molecular flexibility index (Phi) is 3.47. The molecule has 0 saturated heterocycles. The van der Waals surface area contributed by atoms with Crippen molar-refractivity contribution >= 4 is 17.3 Å². The van der Waals surface area contributed by atoms with Gasteiger partial charge in [-0.3, -0.25) is 10.1 Å². The van der Waals surface area contributed by atoms with E-state index in [1.54, 1.807) is 13.8 Å². The molecule has 1 rings (SSSR count). The van der Waals surface area contributed by atoms with Gasteiger partial charge in [-0.05, 0) is 19.9 Å². The van der Waals surface area contributed by atoms with Crippen LogP contribution in [0, 0.1) is 15.9 Å². The van der Waals surface area contributed by atoms with Crippen LogP contribution >= 0.6 is 11.6 Å². The van der Waals surface area contributed by atoms with Gasteiger partial charge in [0.1, 0.15) is 0 Å². The fourth-order valence-corrected chi connectivity index (χ4v) is 1.20. The Labute approximate surface area is 90.8 Å². The molecule has 0 amide bonds. The Bertz CT molecular complexity index is 395. The van der Waals surface area contributed by atoms with Crippen molar-refractivity contribution in [2.45, 2.75) is 20.0 Å². The van der Waals surface area contributed by atoms with Crippen molar-refractivity contribution < 1.29 is 14.1 Å². The maximum Gasteiger partial charge on any atom is 0.308 e. The topological polar surface area (TPSA) is 52.4 Å². The van der Waals surface area contributed by atoms with E-state index in [0.29, 0.717) is 0 Å². The van der Waals surface area contributed by atoms with Gasteiger partial charge in [0.2, 0.25) is 5.82 Å². The normalized spacial score (nSPS) is 10.5. The zero-order valence-corrected chi connectivity index (χ0v) is 8.92. The van der Waals surface area contributed by atoms with Crippen molar-refractivity contribution in [1.82, 2.24) is 0 Å². The number of halogens is 2. The molecule has 4 nitrogen and oxygen atoms in total. The Morgan fingerprint density at radius 3 is 2.60 bits per heavy atom. The van der Waals surface area contributed by atoms with Crippen LogP contribution in [0.25, 0.3) is 0 Å². The Hall–Kier alpha value is -1.36. The van der Waals surface area contributed by atoms with Crippen LogP contribution in [0.15, 0.2) is 12.1 Å². The van der Waals surface area contributed by atoms with E-state index in [0.717, 1.165) is 6.07 Å². The maximum absolute atomic E-state index is 13.5. The highest BCUT2D eigenvalue weighted by Gasteiger charge is 2.22. The average molecular weight is 234 g/mol. The second-order valence-electron chi connectivity index (χ2n) is 3.13. The van der Waals surface area contributed by atoms with Crippen LogP contribution in [-0.4, -0.2) is 11.0 Å². The van der Waals surface area contributed by atoms with Crippen molar-refractivity contribution in [3.05, 3.63) is 33.1 Å². The van der Waals surface area contributed by atoms with E-state index < -0.39 is 16.4 Å². The molecule has 0 aromatic heterocycles. The molecule has 0 spiro atoms. The van der Waals surface area contributed by atoms with Gasteiger partial charge in [0.05, 0.1) is 16.0 Å². The number of ether oxygens (including phenoxy) is 1. The highest BCUT2D eigenvalue weighted by atomic mass is 35.5. The van der Waals surface area contributed by atoms with Crippen LogP contribution in [-0.2, 0) is 0 Å². The molecule has 0 heterocycles. The van der Waals surface area contributed by atoms with Gasteiger partial charge >= 0.3 is 5.69 Å². The molecule has 0 aliphatic rings. The van der Waals surface area contributed by atoms with Gasteiger partial charge in [-0.25, -0.2) is 0 Å². The molecule has 0 aliphatic carbocycles. The van der Waals surface area contributed by atoms with Crippen LogP contribution < -0.4 is 4.74 Å². The van der Waals surface area contributed by atoms with Crippen LogP contribution in [0.3, 0.4) is 0 Å². The molecule has 0 radical (unpaired) electrons. The van der Waals surface area contributed by atoms with Crippen molar-refractivity contribution in [3.8, 4) is 5.75 Å². The summed E-state index contributed by atoms with van der Waals surface area (Å²) in [4.78, 5) is 9.62. The quantitative estimate of drug-likeness (QED) is 0.595. The predicted octanol–water partition coefficient (Wildman–Crippen LogP) is 3.17. The molecular formula is C9H9ClFNO3. The zero-order valence-electron chi connectivity index (χ0n) is 8.16. The third kappa shape index (κ3) is 2.56. The molecule has 15 heavy (non-hydrogen) atoms. The number of benzene rings is 1.